The summed E-state index contributed by atoms with van der Waals surface area (Å²) in [7, 11) is 0. The smallest absolute Gasteiger partial charge is 0.226 e. The fraction of sp³-hybridized carbons (Fsp3) is 0.238. The number of nitrogens with zero attached hydrogens (tertiary/aromatic N) is 1. The van der Waals surface area contributed by atoms with Crippen molar-refractivity contribution in [3.05, 3.63) is 76.5 Å². The van der Waals surface area contributed by atoms with E-state index in [0.29, 0.717) is 18.5 Å². The summed E-state index contributed by atoms with van der Waals surface area (Å²) < 4.78 is 13.6. The molecule has 2 aromatic carbocycles. The standard InChI is InChI=1S/C21H21FN2OS/c1-2-15-7-9-17(10-8-15)21-24-18(14-26-21)13-20(25)23-12-11-16-5-3-4-6-19(16)22/h3-10,14H,2,11-13H2,1H3,(H,23,25). The second-order valence-electron chi connectivity index (χ2n) is 6.06. The Morgan fingerprint density at radius 1 is 1.15 bits per heavy atom. The van der Waals surface area contributed by atoms with E-state index >= 15 is 0 Å². The maximum absolute atomic E-state index is 13.6. The minimum atomic E-state index is -0.236. The number of hydrogen-bond acceptors (Lipinski definition) is 3. The average molecular weight is 368 g/mol. The number of hydrogen-bond donors (Lipinski definition) is 1. The molecule has 26 heavy (non-hydrogen) atoms. The van der Waals surface area contributed by atoms with Gasteiger partial charge in [-0.25, -0.2) is 9.37 Å². The lowest BCUT2D eigenvalue weighted by Crippen LogP contribution is -2.27. The minimum Gasteiger partial charge on any atom is -0.355 e. The zero-order valence-electron chi connectivity index (χ0n) is 14.7. The summed E-state index contributed by atoms with van der Waals surface area (Å²) >= 11 is 1.54. The maximum atomic E-state index is 13.6. The van der Waals surface area contributed by atoms with Gasteiger partial charge in [0.1, 0.15) is 10.8 Å². The van der Waals surface area contributed by atoms with Gasteiger partial charge in [0, 0.05) is 17.5 Å². The van der Waals surface area contributed by atoms with Crippen LogP contribution in [-0.4, -0.2) is 17.4 Å². The largest absolute Gasteiger partial charge is 0.355 e. The van der Waals surface area contributed by atoms with Gasteiger partial charge in [-0.1, -0.05) is 49.4 Å². The number of carbonyl (C=O) groups is 1. The first-order chi connectivity index (χ1) is 12.7. The van der Waals surface area contributed by atoms with Crippen molar-refractivity contribution in [3.63, 3.8) is 0 Å². The van der Waals surface area contributed by atoms with Gasteiger partial charge in [0.15, 0.2) is 0 Å². The van der Waals surface area contributed by atoms with E-state index in [2.05, 4.69) is 41.5 Å². The highest BCUT2D eigenvalue weighted by Gasteiger charge is 2.09. The predicted octanol–water partition coefficient (Wildman–Crippen LogP) is 4.41. The van der Waals surface area contributed by atoms with Crippen LogP contribution in [0.5, 0.6) is 0 Å². The molecule has 3 nitrogen and oxygen atoms in total. The number of carbonyl (C=O) groups excluding carboxylic acids is 1. The second kappa shape index (κ2) is 8.72. The van der Waals surface area contributed by atoms with E-state index in [1.54, 1.807) is 29.5 Å². The third kappa shape index (κ3) is 4.76. The van der Waals surface area contributed by atoms with Crippen LogP contribution in [-0.2, 0) is 24.1 Å². The Hall–Kier alpha value is -2.53. The average Bonchev–Trinajstić information content (AvgIpc) is 3.12. The van der Waals surface area contributed by atoms with Gasteiger partial charge in [-0.05, 0) is 30.0 Å². The van der Waals surface area contributed by atoms with Crippen LogP contribution in [0.1, 0.15) is 23.7 Å². The van der Waals surface area contributed by atoms with Crippen LogP contribution < -0.4 is 5.32 Å². The molecule has 0 bridgehead atoms. The van der Waals surface area contributed by atoms with Gasteiger partial charge in [-0.15, -0.1) is 11.3 Å². The van der Waals surface area contributed by atoms with Gasteiger partial charge in [0.2, 0.25) is 5.91 Å². The molecule has 0 atom stereocenters. The molecule has 0 aliphatic carbocycles. The van der Waals surface area contributed by atoms with Crippen molar-refractivity contribution in [2.45, 2.75) is 26.2 Å². The molecule has 3 rings (SSSR count). The Balaban J connectivity index is 1.51. The predicted molar refractivity (Wildman–Crippen MR) is 104 cm³/mol. The zero-order chi connectivity index (χ0) is 18.4. The molecule has 3 aromatic rings. The quantitative estimate of drug-likeness (QED) is 0.671. The topological polar surface area (TPSA) is 42.0 Å². The lowest BCUT2D eigenvalue weighted by Gasteiger charge is -2.05. The molecular formula is C21H21FN2OS. The lowest BCUT2D eigenvalue weighted by molar-refractivity contribution is -0.120. The van der Waals surface area contributed by atoms with Crippen molar-refractivity contribution in [2.75, 3.05) is 6.54 Å². The summed E-state index contributed by atoms with van der Waals surface area (Å²) in [4.78, 5) is 16.6. The normalized spacial score (nSPS) is 10.7. The van der Waals surface area contributed by atoms with Gasteiger partial charge in [0.25, 0.3) is 0 Å². The van der Waals surface area contributed by atoms with E-state index in [-0.39, 0.29) is 18.1 Å². The number of nitrogens with one attached hydrogen (secondary N) is 1. The highest BCUT2D eigenvalue weighted by atomic mass is 32.1. The van der Waals surface area contributed by atoms with E-state index in [9.17, 15) is 9.18 Å². The molecule has 0 saturated heterocycles. The van der Waals surface area contributed by atoms with Crippen LogP contribution in [0.3, 0.4) is 0 Å². The highest BCUT2D eigenvalue weighted by Crippen LogP contribution is 2.24. The fourth-order valence-corrected chi connectivity index (χ4v) is 3.49. The van der Waals surface area contributed by atoms with Crippen molar-refractivity contribution in [2.24, 2.45) is 0 Å². The zero-order valence-corrected chi connectivity index (χ0v) is 15.5. The molecule has 0 saturated carbocycles. The van der Waals surface area contributed by atoms with Crippen LogP contribution in [0.2, 0.25) is 0 Å². The van der Waals surface area contributed by atoms with Crippen molar-refractivity contribution >= 4 is 17.2 Å². The second-order valence-corrected chi connectivity index (χ2v) is 6.92. The summed E-state index contributed by atoms with van der Waals surface area (Å²) in [5.74, 6) is -0.334. The van der Waals surface area contributed by atoms with E-state index < -0.39 is 0 Å². The van der Waals surface area contributed by atoms with Crippen molar-refractivity contribution in [1.82, 2.24) is 10.3 Å². The first kappa shape index (κ1) is 18.3. The Bertz CT molecular complexity index is 874. The van der Waals surface area contributed by atoms with E-state index in [0.717, 1.165) is 22.7 Å². The van der Waals surface area contributed by atoms with Crippen molar-refractivity contribution < 1.29 is 9.18 Å². The lowest BCUT2D eigenvalue weighted by atomic mass is 10.1. The number of rotatable bonds is 7. The summed E-state index contributed by atoms with van der Waals surface area (Å²) in [6.07, 6.45) is 1.72. The Labute approximate surface area is 156 Å². The van der Waals surface area contributed by atoms with Gasteiger partial charge < -0.3 is 5.32 Å². The highest BCUT2D eigenvalue weighted by molar-refractivity contribution is 7.13. The van der Waals surface area contributed by atoms with Crippen LogP contribution in [0.25, 0.3) is 10.6 Å². The maximum Gasteiger partial charge on any atom is 0.226 e. The van der Waals surface area contributed by atoms with Gasteiger partial charge >= 0.3 is 0 Å². The van der Waals surface area contributed by atoms with Gasteiger partial charge in [-0.2, -0.15) is 0 Å². The molecule has 0 radical (unpaired) electrons. The Morgan fingerprint density at radius 2 is 1.92 bits per heavy atom. The molecule has 1 N–H and O–H groups in total. The molecule has 0 fully saturated rings. The van der Waals surface area contributed by atoms with E-state index in [1.807, 2.05) is 5.38 Å². The van der Waals surface area contributed by atoms with Crippen LogP contribution in [0.15, 0.2) is 53.9 Å². The van der Waals surface area contributed by atoms with E-state index in [1.165, 1.54) is 11.6 Å². The molecule has 0 aliphatic rings. The van der Waals surface area contributed by atoms with Crippen molar-refractivity contribution in [3.8, 4) is 10.6 Å². The number of halogens is 1. The molecule has 134 valence electrons. The molecule has 0 aliphatic heterocycles. The summed E-state index contributed by atoms with van der Waals surface area (Å²) in [6, 6.07) is 15.0. The third-order valence-corrected chi connectivity index (χ3v) is 5.12. The first-order valence-electron chi connectivity index (χ1n) is 8.69. The first-order valence-corrected chi connectivity index (χ1v) is 9.57. The Morgan fingerprint density at radius 3 is 2.65 bits per heavy atom. The monoisotopic (exact) mass is 368 g/mol. The van der Waals surface area contributed by atoms with Gasteiger partial charge in [0.05, 0.1) is 12.1 Å². The van der Waals surface area contributed by atoms with E-state index in [4.69, 9.17) is 0 Å². The molecule has 5 heteroatoms. The minimum absolute atomic E-state index is 0.0977. The molecule has 0 spiro atoms. The van der Waals surface area contributed by atoms with Gasteiger partial charge in [-0.3, -0.25) is 4.79 Å². The Kier molecular flexibility index (Phi) is 6.12. The van der Waals surface area contributed by atoms with Crippen molar-refractivity contribution in [1.29, 1.82) is 0 Å². The summed E-state index contributed by atoms with van der Waals surface area (Å²) in [5, 5.41) is 5.66. The van der Waals surface area contributed by atoms with Crippen LogP contribution >= 0.6 is 11.3 Å². The molecule has 1 aromatic heterocycles. The van der Waals surface area contributed by atoms with Crippen LogP contribution in [0, 0.1) is 5.82 Å². The number of amides is 1. The number of thiazole rings is 1. The molecule has 0 unspecified atom stereocenters. The number of aromatic nitrogens is 1. The third-order valence-electron chi connectivity index (χ3n) is 4.18. The summed E-state index contributed by atoms with van der Waals surface area (Å²) in [6.45, 7) is 2.54. The molecule has 1 heterocycles. The number of aryl methyl sites for hydroxylation is 1. The SMILES string of the molecule is CCc1ccc(-c2nc(CC(=O)NCCc3ccccc3F)cs2)cc1. The van der Waals surface area contributed by atoms with Crippen LogP contribution in [0.4, 0.5) is 4.39 Å². The summed E-state index contributed by atoms with van der Waals surface area (Å²) in [5.41, 5.74) is 3.73. The molecule has 1 amide bonds. The molecular weight excluding hydrogens is 347 g/mol. The fourth-order valence-electron chi connectivity index (χ4n) is 2.67. The number of benzene rings is 2.